The maximum Gasteiger partial charge on any atom is 0.266 e. The van der Waals surface area contributed by atoms with Crippen molar-refractivity contribution >= 4 is 28.4 Å². The molecule has 29 heavy (non-hydrogen) atoms. The molecule has 0 radical (unpaired) electrons. The van der Waals surface area contributed by atoms with Crippen LogP contribution < -0.4 is 10.9 Å². The van der Waals surface area contributed by atoms with E-state index in [4.69, 9.17) is 11.6 Å². The molecule has 0 atom stereocenters. The molecule has 0 saturated heterocycles. The predicted molar refractivity (Wildman–Crippen MR) is 116 cm³/mol. The molecular weight excluding hydrogens is 386 g/mol. The van der Waals surface area contributed by atoms with E-state index >= 15 is 0 Å². The van der Waals surface area contributed by atoms with Crippen LogP contribution >= 0.6 is 11.6 Å². The lowest BCUT2D eigenvalue weighted by atomic mass is 10.0. The molecule has 0 aliphatic heterocycles. The fourth-order valence-electron chi connectivity index (χ4n) is 3.56. The summed E-state index contributed by atoms with van der Waals surface area (Å²) >= 11 is 5.82. The summed E-state index contributed by atoms with van der Waals surface area (Å²) in [6.07, 6.45) is 1.36. The van der Waals surface area contributed by atoms with E-state index in [9.17, 15) is 9.59 Å². The van der Waals surface area contributed by atoms with Gasteiger partial charge in [0.2, 0.25) is 0 Å². The number of amides is 1. The Bertz CT molecular complexity index is 1270. The van der Waals surface area contributed by atoms with Crippen molar-refractivity contribution in [3.8, 4) is 11.3 Å². The topological polar surface area (TPSA) is 77.8 Å². The Morgan fingerprint density at radius 1 is 1.10 bits per heavy atom. The van der Waals surface area contributed by atoms with E-state index in [0.29, 0.717) is 12.1 Å². The van der Waals surface area contributed by atoms with Crippen molar-refractivity contribution in [2.75, 3.05) is 0 Å². The minimum atomic E-state index is -0.418. The molecule has 0 spiro atoms. The van der Waals surface area contributed by atoms with E-state index in [0.717, 1.165) is 33.3 Å². The van der Waals surface area contributed by atoms with Gasteiger partial charge in [-0.1, -0.05) is 53.6 Å². The van der Waals surface area contributed by atoms with Gasteiger partial charge in [-0.15, -0.1) is 0 Å². The lowest BCUT2D eigenvalue weighted by molar-refractivity contribution is 0.0950. The number of aryl methyl sites for hydroxylation is 2. The highest BCUT2D eigenvalue weighted by molar-refractivity contribution is 6.30. The average molecular weight is 406 g/mol. The molecular formula is C23H20ClN3O2. The number of rotatable bonds is 4. The lowest BCUT2D eigenvalue weighted by Gasteiger charge is -2.08. The van der Waals surface area contributed by atoms with Gasteiger partial charge >= 0.3 is 0 Å². The summed E-state index contributed by atoms with van der Waals surface area (Å²) in [6.45, 7) is 4.49. The maximum atomic E-state index is 12.5. The van der Waals surface area contributed by atoms with E-state index in [1.165, 1.54) is 17.8 Å². The molecule has 5 nitrogen and oxygen atoms in total. The van der Waals surface area contributed by atoms with Crippen molar-refractivity contribution in [3.63, 3.8) is 0 Å². The number of halogens is 1. The number of carbonyl (C=O) groups excluding carboxylic acids is 1. The number of pyridine rings is 1. The van der Waals surface area contributed by atoms with Crippen molar-refractivity contribution in [1.29, 1.82) is 0 Å². The first kappa shape index (κ1) is 19.0. The Morgan fingerprint density at radius 3 is 2.59 bits per heavy atom. The maximum absolute atomic E-state index is 12.5. The molecule has 0 unspecified atom stereocenters. The number of aromatic amines is 2. The van der Waals surface area contributed by atoms with Crippen LogP contribution in [0.5, 0.6) is 0 Å². The number of hydrogen-bond donors (Lipinski definition) is 3. The Morgan fingerprint density at radius 2 is 1.86 bits per heavy atom. The molecule has 2 aromatic heterocycles. The second-order valence-electron chi connectivity index (χ2n) is 7.09. The Kier molecular flexibility index (Phi) is 4.99. The van der Waals surface area contributed by atoms with Gasteiger partial charge in [-0.3, -0.25) is 9.59 Å². The van der Waals surface area contributed by atoms with Crippen LogP contribution in [0.4, 0.5) is 0 Å². The number of carbonyl (C=O) groups is 1. The standard InChI is InChI=1S/C23H20ClN3O2/c1-13-8-16(11-25-22(28)17-10-19(24)23(29)26-12-17)21-18(9-13)14(2)20(27-21)15-6-4-3-5-7-15/h3-10,12,27H,11H2,1-2H3,(H,25,28)(H,26,29). The van der Waals surface area contributed by atoms with Gasteiger partial charge in [0.1, 0.15) is 5.02 Å². The highest BCUT2D eigenvalue weighted by atomic mass is 35.5. The molecule has 0 saturated carbocycles. The monoisotopic (exact) mass is 405 g/mol. The third-order valence-electron chi connectivity index (χ3n) is 5.02. The molecule has 2 heterocycles. The molecule has 0 fully saturated rings. The fourth-order valence-corrected chi connectivity index (χ4v) is 3.73. The summed E-state index contributed by atoms with van der Waals surface area (Å²) in [5.41, 5.74) is 6.39. The van der Waals surface area contributed by atoms with Crippen LogP contribution in [-0.2, 0) is 6.54 Å². The van der Waals surface area contributed by atoms with Gasteiger partial charge in [0, 0.05) is 23.8 Å². The molecule has 4 aromatic rings. The Balaban J connectivity index is 1.67. The summed E-state index contributed by atoms with van der Waals surface area (Å²) in [7, 11) is 0. The van der Waals surface area contributed by atoms with Gasteiger partial charge < -0.3 is 15.3 Å². The first-order chi connectivity index (χ1) is 13.9. The average Bonchev–Trinajstić information content (AvgIpc) is 3.05. The number of aromatic nitrogens is 2. The minimum absolute atomic E-state index is 0.0110. The second kappa shape index (κ2) is 7.60. The van der Waals surface area contributed by atoms with Gasteiger partial charge in [0.15, 0.2) is 0 Å². The Hall–Kier alpha value is -3.31. The van der Waals surface area contributed by atoms with Crippen LogP contribution in [-0.4, -0.2) is 15.9 Å². The third-order valence-corrected chi connectivity index (χ3v) is 5.30. The van der Waals surface area contributed by atoms with Crippen molar-refractivity contribution < 1.29 is 4.79 Å². The number of benzene rings is 2. The van der Waals surface area contributed by atoms with Crippen LogP contribution in [0.25, 0.3) is 22.2 Å². The van der Waals surface area contributed by atoms with E-state index in [2.05, 4.69) is 46.5 Å². The molecule has 146 valence electrons. The molecule has 4 rings (SSSR count). The lowest BCUT2D eigenvalue weighted by Crippen LogP contribution is -2.24. The van der Waals surface area contributed by atoms with Crippen molar-refractivity contribution in [3.05, 3.63) is 92.4 Å². The highest BCUT2D eigenvalue weighted by Crippen LogP contribution is 2.32. The molecule has 3 N–H and O–H groups in total. The first-order valence-corrected chi connectivity index (χ1v) is 9.65. The first-order valence-electron chi connectivity index (χ1n) is 9.27. The van der Waals surface area contributed by atoms with Crippen LogP contribution in [0.1, 0.15) is 27.0 Å². The summed E-state index contributed by atoms with van der Waals surface area (Å²) in [6, 6.07) is 15.8. The van der Waals surface area contributed by atoms with Crippen LogP contribution in [0.3, 0.4) is 0 Å². The van der Waals surface area contributed by atoms with Crippen molar-refractivity contribution in [2.24, 2.45) is 0 Å². The van der Waals surface area contributed by atoms with Gasteiger partial charge in [-0.2, -0.15) is 0 Å². The molecule has 0 aliphatic rings. The van der Waals surface area contributed by atoms with Gasteiger partial charge in [-0.25, -0.2) is 0 Å². The predicted octanol–water partition coefficient (Wildman–Crippen LogP) is 4.72. The molecule has 6 heteroatoms. The van der Waals surface area contributed by atoms with E-state index in [1.807, 2.05) is 25.1 Å². The van der Waals surface area contributed by atoms with Gasteiger partial charge in [0.05, 0.1) is 11.1 Å². The summed E-state index contributed by atoms with van der Waals surface area (Å²) in [5, 5.41) is 4.04. The highest BCUT2D eigenvalue weighted by Gasteiger charge is 2.14. The second-order valence-corrected chi connectivity index (χ2v) is 7.49. The molecule has 0 bridgehead atoms. The van der Waals surface area contributed by atoms with E-state index in [1.54, 1.807) is 0 Å². The quantitative estimate of drug-likeness (QED) is 0.459. The number of fused-ring (bicyclic) bond motifs is 1. The minimum Gasteiger partial charge on any atom is -0.354 e. The van der Waals surface area contributed by atoms with Crippen LogP contribution in [0, 0.1) is 13.8 Å². The number of hydrogen-bond acceptors (Lipinski definition) is 2. The largest absolute Gasteiger partial charge is 0.354 e. The third kappa shape index (κ3) is 3.69. The summed E-state index contributed by atoms with van der Waals surface area (Å²) < 4.78 is 0. The molecule has 1 amide bonds. The van der Waals surface area contributed by atoms with Crippen molar-refractivity contribution in [2.45, 2.75) is 20.4 Å². The summed E-state index contributed by atoms with van der Waals surface area (Å²) in [5.74, 6) is -0.302. The number of nitrogens with one attached hydrogen (secondary N) is 3. The van der Waals surface area contributed by atoms with Crippen LogP contribution in [0.15, 0.2) is 59.5 Å². The zero-order valence-electron chi connectivity index (χ0n) is 16.1. The van der Waals surface area contributed by atoms with Crippen LogP contribution in [0.2, 0.25) is 5.02 Å². The van der Waals surface area contributed by atoms with Crippen molar-refractivity contribution in [1.82, 2.24) is 15.3 Å². The number of H-pyrrole nitrogens is 2. The van der Waals surface area contributed by atoms with Gasteiger partial charge in [0.25, 0.3) is 11.5 Å². The van der Waals surface area contributed by atoms with E-state index in [-0.39, 0.29) is 10.9 Å². The zero-order chi connectivity index (χ0) is 20.5. The fraction of sp³-hybridized carbons (Fsp3) is 0.130. The van der Waals surface area contributed by atoms with E-state index < -0.39 is 5.56 Å². The van der Waals surface area contributed by atoms with Gasteiger partial charge in [-0.05, 0) is 42.7 Å². The Labute approximate surface area is 172 Å². The summed E-state index contributed by atoms with van der Waals surface area (Å²) in [4.78, 5) is 29.9. The SMILES string of the molecule is Cc1cc(CNC(=O)c2c[nH]c(=O)c(Cl)c2)c2[nH]c(-c3ccccc3)c(C)c2c1. The molecule has 2 aromatic carbocycles. The normalized spacial score (nSPS) is 11.0. The smallest absolute Gasteiger partial charge is 0.266 e. The molecule has 0 aliphatic carbocycles. The zero-order valence-corrected chi connectivity index (χ0v) is 16.9.